The summed E-state index contributed by atoms with van der Waals surface area (Å²) < 4.78 is 0. The van der Waals surface area contributed by atoms with E-state index in [0.29, 0.717) is 12.3 Å². The predicted octanol–water partition coefficient (Wildman–Crippen LogP) is 2.60. The summed E-state index contributed by atoms with van der Waals surface area (Å²) >= 11 is 0. The van der Waals surface area contributed by atoms with Crippen LogP contribution in [0.5, 0.6) is 0 Å². The first kappa shape index (κ1) is 14.1. The molecule has 0 bridgehead atoms. The van der Waals surface area contributed by atoms with Crippen molar-refractivity contribution in [2.75, 3.05) is 18.0 Å². The van der Waals surface area contributed by atoms with Crippen molar-refractivity contribution in [2.45, 2.75) is 39.7 Å². The molecule has 3 heteroatoms. The van der Waals surface area contributed by atoms with E-state index < -0.39 is 0 Å². The molecule has 19 heavy (non-hydrogen) atoms. The van der Waals surface area contributed by atoms with Gasteiger partial charge in [0, 0.05) is 24.7 Å². The molecule has 1 aromatic carbocycles. The first-order valence-corrected chi connectivity index (χ1v) is 7.23. The first-order chi connectivity index (χ1) is 9.11. The van der Waals surface area contributed by atoms with Crippen LogP contribution in [-0.4, -0.2) is 25.0 Å². The maximum atomic E-state index is 12.5. The largest absolute Gasteiger partial charge is 0.314 e. The Labute approximate surface area is 116 Å². The molecule has 1 aliphatic heterocycles. The summed E-state index contributed by atoms with van der Waals surface area (Å²) in [4.78, 5) is 14.4. The molecule has 1 heterocycles. The van der Waals surface area contributed by atoms with Crippen LogP contribution in [0.15, 0.2) is 24.3 Å². The average molecular weight is 260 g/mol. The molecule has 1 aromatic rings. The van der Waals surface area contributed by atoms with E-state index in [-0.39, 0.29) is 11.9 Å². The molecule has 0 saturated carbocycles. The minimum atomic E-state index is 0.229. The summed E-state index contributed by atoms with van der Waals surface area (Å²) in [6, 6.07) is 8.52. The van der Waals surface area contributed by atoms with E-state index in [1.165, 1.54) is 5.56 Å². The number of para-hydroxylation sites is 1. The Morgan fingerprint density at radius 3 is 2.95 bits per heavy atom. The highest BCUT2D eigenvalue weighted by molar-refractivity contribution is 5.95. The van der Waals surface area contributed by atoms with E-state index in [4.69, 9.17) is 0 Å². The molecule has 0 aromatic heterocycles. The predicted molar refractivity (Wildman–Crippen MR) is 79.4 cm³/mol. The fourth-order valence-corrected chi connectivity index (χ4v) is 2.83. The van der Waals surface area contributed by atoms with Crippen LogP contribution in [0.4, 0.5) is 5.69 Å². The second kappa shape index (κ2) is 6.20. The van der Waals surface area contributed by atoms with Crippen LogP contribution in [0, 0.1) is 5.92 Å². The van der Waals surface area contributed by atoms with Gasteiger partial charge < -0.3 is 10.2 Å². The zero-order valence-electron chi connectivity index (χ0n) is 12.1. The second-order valence-electron chi connectivity index (χ2n) is 5.61. The van der Waals surface area contributed by atoms with E-state index in [2.05, 4.69) is 44.3 Å². The lowest BCUT2D eigenvalue weighted by atomic mass is 9.93. The molecule has 0 saturated heterocycles. The lowest BCUT2D eigenvalue weighted by Crippen LogP contribution is -2.42. The number of carbonyl (C=O) groups excluding carboxylic acids is 1. The monoisotopic (exact) mass is 260 g/mol. The highest BCUT2D eigenvalue weighted by atomic mass is 16.2. The number of benzene rings is 1. The number of amides is 1. The van der Waals surface area contributed by atoms with Gasteiger partial charge in [0.25, 0.3) is 0 Å². The molecule has 0 radical (unpaired) electrons. The fraction of sp³-hybridized carbons (Fsp3) is 0.562. The Bertz CT molecular complexity index is 444. The van der Waals surface area contributed by atoms with Gasteiger partial charge in [-0.3, -0.25) is 4.79 Å². The summed E-state index contributed by atoms with van der Waals surface area (Å²) in [5, 5.41) is 3.30. The van der Waals surface area contributed by atoms with Crippen molar-refractivity contribution in [2.24, 2.45) is 5.92 Å². The summed E-state index contributed by atoms with van der Waals surface area (Å²) in [5.74, 6) is 0.765. The maximum Gasteiger partial charge on any atom is 0.228 e. The molecule has 1 amide bonds. The zero-order valence-corrected chi connectivity index (χ0v) is 12.1. The number of rotatable bonds is 4. The molecular formula is C16H24N2O. The Hall–Kier alpha value is -1.35. The van der Waals surface area contributed by atoms with Gasteiger partial charge in [-0.05, 0) is 37.4 Å². The van der Waals surface area contributed by atoms with Crippen molar-refractivity contribution in [3.05, 3.63) is 29.8 Å². The van der Waals surface area contributed by atoms with Crippen molar-refractivity contribution in [1.29, 1.82) is 0 Å². The van der Waals surface area contributed by atoms with Crippen LogP contribution in [0.25, 0.3) is 0 Å². The lowest BCUT2D eigenvalue weighted by molar-refractivity contribution is -0.119. The molecule has 0 fully saturated rings. The summed E-state index contributed by atoms with van der Waals surface area (Å²) in [5.41, 5.74) is 2.40. The van der Waals surface area contributed by atoms with Crippen LogP contribution in [0.2, 0.25) is 0 Å². The highest BCUT2D eigenvalue weighted by Gasteiger charge is 2.26. The molecule has 3 nitrogen and oxygen atoms in total. The van der Waals surface area contributed by atoms with Gasteiger partial charge >= 0.3 is 0 Å². The van der Waals surface area contributed by atoms with Crippen molar-refractivity contribution in [3.8, 4) is 0 Å². The van der Waals surface area contributed by atoms with Gasteiger partial charge in [-0.2, -0.15) is 0 Å². The quantitative estimate of drug-likeness (QED) is 0.902. The number of anilines is 1. The van der Waals surface area contributed by atoms with Gasteiger partial charge in [-0.25, -0.2) is 0 Å². The van der Waals surface area contributed by atoms with Gasteiger partial charge in [0.05, 0.1) is 0 Å². The third-order valence-corrected chi connectivity index (χ3v) is 3.68. The molecule has 0 spiro atoms. The second-order valence-corrected chi connectivity index (χ2v) is 5.61. The van der Waals surface area contributed by atoms with Crippen molar-refractivity contribution in [1.82, 2.24) is 5.32 Å². The van der Waals surface area contributed by atoms with Crippen LogP contribution >= 0.6 is 0 Å². The number of fused-ring (bicyclic) bond motifs is 1. The van der Waals surface area contributed by atoms with Gasteiger partial charge in [0.15, 0.2) is 0 Å². The molecule has 2 atom stereocenters. The third kappa shape index (κ3) is 3.35. The number of carbonyl (C=O) groups is 1. The Morgan fingerprint density at radius 2 is 2.21 bits per heavy atom. The minimum absolute atomic E-state index is 0.229. The van der Waals surface area contributed by atoms with Crippen molar-refractivity contribution >= 4 is 11.6 Å². The van der Waals surface area contributed by atoms with Crippen LogP contribution in [0.3, 0.4) is 0 Å². The molecule has 104 valence electrons. The van der Waals surface area contributed by atoms with Gasteiger partial charge in [0.1, 0.15) is 0 Å². The SMILES string of the molecule is CCNC(C)CC(=O)N1CC(C)Cc2ccccc21. The summed E-state index contributed by atoms with van der Waals surface area (Å²) in [7, 11) is 0. The topological polar surface area (TPSA) is 32.3 Å². The van der Waals surface area contributed by atoms with E-state index >= 15 is 0 Å². The van der Waals surface area contributed by atoms with Crippen molar-refractivity contribution in [3.63, 3.8) is 0 Å². The summed E-state index contributed by atoms with van der Waals surface area (Å²) in [6.07, 6.45) is 1.64. The van der Waals surface area contributed by atoms with Gasteiger partial charge in [-0.1, -0.05) is 32.0 Å². The molecule has 0 aliphatic carbocycles. The number of hydrogen-bond donors (Lipinski definition) is 1. The zero-order chi connectivity index (χ0) is 13.8. The number of hydrogen-bond acceptors (Lipinski definition) is 2. The smallest absolute Gasteiger partial charge is 0.228 e. The molecule has 1 N–H and O–H groups in total. The normalized spacial score (nSPS) is 19.9. The molecule has 1 aliphatic rings. The number of nitrogens with one attached hydrogen (secondary N) is 1. The van der Waals surface area contributed by atoms with Crippen molar-refractivity contribution < 1.29 is 4.79 Å². The average Bonchev–Trinajstić information content (AvgIpc) is 2.37. The Morgan fingerprint density at radius 1 is 1.47 bits per heavy atom. The molecular weight excluding hydrogens is 236 g/mol. The standard InChI is InChI=1S/C16H24N2O/c1-4-17-13(3)10-16(19)18-11-12(2)9-14-7-5-6-8-15(14)18/h5-8,12-13,17H,4,9-11H2,1-3H3. The Kier molecular flexibility index (Phi) is 4.59. The van der Waals surface area contributed by atoms with Gasteiger partial charge in [0.2, 0.25) is 5.91 Å². The van der Waals surface area contributed by atoms with Crippen LogP contribution < -0.4 is 10.2 Å². The van der Waals surface area contributed by atoms with Crippen LogP contribution in [0.1, 0.15) is 32.8 Å². The van der Waals surface area contributed by atoms with E-state index in [1.54, 1.807) is 0 Å². The first-order valence-electron chi connectivity index (χ1n) is 7.23. The number of nitrogens with zero attached hydrogens (tertiary/aromatic N) is 1. The summed E-state index contributed by atoms with van der Waals surface area (Å²) in [6.45, 7) is 8.10. The van der Waals surface area contributed by atoms with E-state index in [0.717, 1.165) is 25.2 Å². The minimum Gasteiger partial charge on any atom is -0.314 e. The molecule has 2 unspecified atom stereocenters. The van der Waals surface area contributed by atoms with Gasteiger partial charge in [-0.15, -0.1) is 0 Å². The van der Waals surface area contributed by atoms with Crippen LogP contribution in [-0.2, 0) is 11.2 Å². The molecule has 2 rings (SSSR count). The fourth-order valence-electron chi connectivity index (χ4n) is 2.83. The Balaban J connectivity index is 2.13. The third-order valence-electron chi connectivity index (χ3n) is 3.68. The van der Waals surface area contributed by atoms with E-state index in [1.807, 2.05) is 11.0 Å². The highest BCUT2D eigenvalue weighted by Crippen LogP contribution is 2.29. The maximum absolute atomic E-state index is 12.5. The van der Waals surface area contributed by atoms with E-state index in [9.17, 15) is 4.79 Å². The lowest BCUT2D eigenvalue weighted by Gasteiger charge is -2.34.